The Kier molecular flexibility index (Phi) is 6.68. The minimum absolute atomic E-state index is 0.210. The minimum Gasteiger partial charge on any atom is -0.494 e. The Bertz CT molecular complexity index is 842. The normalized spacial score (nSPS) is 17.7. The maximum Gasteiger partial charge on any atom is 0.254 e. The van der Waals surface area contributed by atoms with E-state index < -0.39 is 0 Å². The molecule has 0 aromatic heterocycles. The number of benzene rings is 2. The first kappa shape index (κ1) is 20.9. The number of carbonyl (C=O) groups excluding carboxylic acids is 1. The third-order valence-electron chi connectivity index (χ3n) is 6.20. The van der Waals surface area contributed by atoms with E-state index in [2.05, 4.69) is 9.80 Å². The molecule has 1 heterocycles. The van der Waals surface area contributed by atoms with Gasteiger partial charge in [0.05, 0.1) is 6.61 Å². The van der Waals surface area contributed by atoms with E-state index in [4.69, 9.17) is 4.74 Å². The van der Waals surface area contributed by atoms with Gasteiger partial charge in [0.2, 0.25) is 0 Å². The van der Waals surface area contributed by atoms with Crippen molar-refractivity contribution < 1.29 is 13.9 Å². The quantitative estimate of drug-likeness (QED) is 0.593. The summed E-state index contributed by atoms with van der Waals surface area (Å²) in [4.78, 5) is 17.9. The first-order valence-corrected chi connectivity index (χ1v) is 11.1. The lowest BCUT2D eigenvalue weighted by Gasteiger charge is -2.39. The van der Waals surface area contributed by atoms with E-state index in [9.17, 15) is 9.18 Å². The van der Waals surface area contributed by atoms with E-state index >= 15 is 0 Å². The maximum absolute atomic E-state index is 13.3. The van der Waals surface area contributed by atoms with Gasteiger partial charge in [0.25, 0.3) is 5.91 Å². The highest BCUT2D eigenvalue weighted by Gasteiger charge is 2.39. The van der Waals surface area contributed by atoms with Crippen LogP contribution < -0.4 is 4.74 Å². The summed E-state index contributed by atoms with van der Waals surface area (Å²) in [5.41, 5.74) is 1.91. The van der Waals surface area contributed by atoms with Crippen LogP contribution in [0.2, 0.25) is 0 Å². The molecule has 2 aliphatic rings. The van der Waals surface area contributed by atoms with Crippen LogP contribution in [0.15, 0.2) is 48.5 Å². The van der Waals surface area contributed by atoms with Crippen molar-refractivity contribution in [1.82, 2.24) is 9.80 Å². The first-order chi connectivity index (χ1) is 14.6. The molecular weight excluding hydrogens is 379 g/mol. The molecule has 4 rings (SSSR count). The summed E-state index contributed by atoms with van der Waals surface area (Å²) in [5.74, 6) is 0.679. The summed E-state index contributed by atoms with van der Waals surface area (Å²) in [7, 11) is 0. The topological polar surface area (TPSA) is 32.8 Å². The van der Waals surface area contributed by atoms with E-state index in [-0.39, 0.29) is 11.7 Å². The van der Waals surface area contributed by atoms with Crippen LogP contribution in [0, 0.1) is 12.7 Å². The molecule has 30 heavy (non-hydrogen) atoms. The number of likely N-dealkylation sites (tertiary alicyclic amines) is 1. The standard InChI is InChI=1S/C25H31FN2O2/c1-19-5-2-3-6-24(19)25(29)28(21-9-10-21)22-13-16-27(17-14-22)15-4-18-30-23-11-7-20(26)8-12-23/h2-3,5-8,11-12,21-22H,4,9-10,13-18H2,1H3. The van der Waals surface area contributed by atoms with Crippen LogP contribution in [0.4, 0.5) is 4.39 Å². The van der Waals surface area contributed by atoms with Crippen LogP contribution in [0.25, 0.3) is 0 Å². The number of ether oxygens (including phenoxy) is 1. The molecule has 0 atom stereocenters. The van der Waals surface area contributed by atoms with Crippen LogP contribution >= 0.6 is 0 Å². The molecule has 1 saturated heterocycles. The van der Waals surface area contributed by atoms with Crippen molar-refractivity contribution >= 4 is 5.91 Å². The van der Waals surface area contributed by atoms with Crippen LogP contribution in [0.5, 0.6) is 5.75 Å². The van der Waals surface area contributed by atoms with Crippen molar-refractivity contribution in [3.8, 4) is 5.75 Å². The van der Waals surface area contributed by atoms with Gasteiger partial charge in [-0.05, 0) is 74.9 Å². The van der Waals surface area contributed by atoms with Crippen LogP contribution in [0.3, 0.4) is 0 Å². The molecule has 1 aliphatic carbocycles. The van der Waals surface area contributed by atoms with Crippen molar-refractivity contribution in [2.75, 3.05) is 26.2 Å². The van der Waals surface area contributed by atoms with Gasteiger partial charge in [-0.2, -0.15) is 0 Å². The van der Waals surface area contributed by atoms with Gasteiger partial charge in [-0.25, -0.2) is 4.39 Å². The minimum atomic E-state index is -0.244. The highest BCUT2D eigenvalue weighted by molar-refractivity contribution is 5.96. The second kappa shape index (κ2) is 9.61. The van der Waals surface area contributed by atoms with E-state index in [0.717, 1.165) is 62.9 Å². The second-order valence-electron chi connectivity index (χ2n) is 8.49. The summed E-state index contributed by atoms with van der Waals surface area (Å²) >= 11 is 0. The number of carbonyl (C=O) groups is 1. The van der Waals surface area contributed by atoms with Crippen LogP contribution in [0.1, 0.15) is 48.0 Å². The van der Waals surface area contributed by atoms with Crippen molar-refractivity contribution in [3.05, 3.63) is 65.5 Å². The largest absolute Gasteiger partial charge is 0.494 e. The zero-order chi connectivity index (χ0) is 20.9. The van der Waals surface area contributed by atoms with Crippen molar-refractivity contribution in [1.29, 1.82) is 0 Å². The maximum atomic E-state index is 13.3. The zero-order valence-corrected chi connectivity index (χ0v) is 17.7. The van der Waals surface area contributed by atoms with E-state index in [0.29, 0.717) is 24.4 Å². The predicted octanol–water partition coefficient (Wildman–Crippen LogP) is 4.67. The van der Waals surface area contributed by atoms with Gasteiger partial charge < -0.3 is 14.5 Å². The Morgan fingerprint density at radius 3 is 2.37 bits per heavy atom. The Balaban J connectivity index is 1.24. The molecule has 2 aromatic rings. The molecule has 0 bridgehead atoms. The average Bonchev–Trinajstić information content (AvgIpc) is 3.59. The second-order valence-corrected chi connectivity index (χ2v) is 8.49. The highest BCUT2D eigenvalue weighted by atomic mass is 19.1. The van der Waals surface area contributed by atoms with Gasteiger partial charge in [-0.1, -0.05) is 18.2 Å². The molecule has 0 N–H and O–H groups in total. The van der Waals surface area contributed by atoms with Crippen molar-refractivity contribution in [2.24, 2.45) is 0 Å². The summed E-state index contributed by atoms with van der Waals surface area (Å²) < 4.78 is 18.6. The van der Waals surface area contributed by atoms with Crippen LogP contribution in [-0.4, -0.2) is 54.0 Å². The molecule has 2 aromatic carbocycles. The fourth-order valence-corrected chi connectivity index (χ4v) is 4.36. The molecule has 2 fully saturated rings. The fraction of sp³-hybridized carbons (Fsp3) is 0.480. The number of piperidine rings is 1. The Morgan fingerprint density at radius 1 is 1.03 bits per heavy atom. The molecular formula is C25H31FN2O2. The lowest BCUT2D eigenvalue weighted by Crippen LogP contribution is -2.48. The SMILES string of the molecule is Cc1ccccc1C(=O)N(C1CC1)C1CCN(CCCOc2ccc(F)cc2)CC1. The Morgan fingerprint density at radius 2 is 1.70 bits per heavy atom. The van der Waals surface area contributed by atoms with Gasteiger partial charge >= 0.3 is 0 Å². The molecule has 1 saturated carbocycles. The molecule has 1 aliphatic heterocycles. The van der Waals surface area contributed by atoms with E-state index in [1.807, 2.05) is 31.2 Å². The Hall–Kier alpha value is -2.40. The lowest BCUT2D eigenvalue weighted by molar-refractivity contribution is 0.0545. The lowest BCUT2D eigenvalue weighted by atomic mass is 10.00. The summed E-state index contributed by atoms with van der Waals surface area (Å²) in [6.45, 7) is 5.68. The number of hydrogen-bond donors (Lipinski definition) is 0. The smallest absolute Gasteiger partial charge is 0.254 e. The van der Waals surface area contributed by atoms with Crippen LogP contribution in [-0.2, 0) is 0 Å². The van der Waals surface area contributed by atoms with Gasteiger partial charge in [-0.15, -0.1) is 0 Å². The van der Waals surface area contributed by atoms with Gasteiger partial charge in [-0.3, -0.25) is 4.79 Å². The predicted molar refractivity (Wildman–Crippen MR) is 116 cm³/mol. The van der Waals surface area contributed by atoms with Gasteiger partial charge in [0.15, 0.2) is 0 Å². The number of aryl methyl sites for hydroxylation is 1. The average molecular weight is 411 g/mol. The van der Waals surface area contributed by atoms with Gasteiger partial charge in [0, 0.05) is 37.3 Å². The van der Waals surface area contributed by atoms with Crippen molar-refractivity contribution in [3.63, 3.8) is 0 Å². The molecule has 0 radical (unpaired) electrons. The number of hydrogen-bond acceptors (Lipinski definition) is 3. The van der Waals surface area contributed by atoms with E-state index in [1.54, 1.807) is 12.1 Å². The molecule has 5 heteroatoms. The van der Waals surface area contributed by atoms with Gasteiger partial charge in [0.1, 0.15) is 11.6 Å². The number of amides is 1. The number of halogens is 1. The number of rotatable bonds is 8. The summed E-state index contributed by atoms with van der Waals surface area (Å²) in [6.07, 6.45) is 5.29. The summed E-state index contributed by atoms with van der Waals surface area (Å²) in [5, 5.41) is 0. The van der Waals surface area contributed by atoms with Crippen molar-refractivity contribution in [2.45, 2.75) is 51.1 Å². The molecule has 160 valence electrons. The molecule has 1 amide bonds. The zero-order valence-electron chi connectivity index (χ0n) is 17.7. The summed E-state index contributed by atoms with van der Waals surface area (Å²) in [6, 6.07) is 14.9. The highest BCUT2D eigenvalue weighted by Crippen LogP contribution is 2.33. The molecule has 4 nitrogen and oxygen atoms in total. The molecule has 0 unspecified atom stereocenters. The van der Waals surface area contributed by atoms with E-state index in [1.165, 1.54) is 12.1 Å². The Labute approximate surface area is 178 Å². The fourth-order valence-electron chi connectivity index (χ4n) is 4.36. The molecule has 0 spiro atoms. The third-order valence-corrected chi connectivity index (χ3v) is 6.20. The first-order valence-electron chi connectivity index (χ1n) is 11.1. The number of nitrogens with zero attached hydrogens (tertiary/aromatic N) is 2. The third kappa shape index (κ3) is 5.20. The monoisotopic (exact) mass is 410 g/mol.